The first kappa shape index (κ1) is 11.1. The Balaban J connectivity index is 2.36. The van der Waals surface area contributed by atoms with E-state index in [4.69, 9.17) is 0 Å². The third kappa shape index (κ3) is 4.18. The van der Waals surface area contributed by atoms with Crippen LogP contribution in [0.1, 0.15) is 0 Å². The number of anilines is 1. The summed E-state index contributed by atoms with van der Waals surface area (Å²) >= 11 is 0. The molecule has 0 unspecified atom stereocenters. The predicted molar refractivity (Wildman–Crippen MR) is 66.5 cm³/mol. The molecule has 1 aromatic carbocycles. The molecule has 0 radical (unpaired) electrons. The zero-order valence-electron chi connectivity index (χ0n) is 8.74. The molecule has 0 aliphatic carbocycles. The van der Waals surface area contributed by atoms with E-state index < -0.39 is 0 Å². The Morgan fingerprint density at radius 1 is 1.20 bits per heavy atom. The van der Waals surface area contributed by atoms with Gasteiger partial charge in [-0.1, -0.05) is 37.4 Å². The number of rotatable bonds is 6. The zero-order chi connectivity index (χ0) is 10.9. The van der Waals surface area contributed by atoms with E-state index in [1.54, 1.807) is 12.2 Å². The molecule has 1 aromatic rings. The minimum atomic E-state index is 0.662. The molecule has 0 heterocycles. The van der Waals surface area contributed by atoms with Crippen LogP contribution in [-0.2, 0) is 0 Å². The van der Waals surface area contributed by atoms with Gasteiger partial charge >= 0.3 is 0 Å². The number of hydrogen-bond donors (Lipinski definition) is 2. The predicted octanol–water partition coefficient (Wildman–Crippen LogP) is 2.90. The molecule has 2 N–H and O–H groups in total. The van der Waals surface area contributed by atoms with Crippen molar-refractivity contribution in [3.63, 3.8) is 0 Å². The third-order valence-corrected chi connectivity index (χ3v) is 1.88. The Hall–Kier alpha value is -1.96. The molecule has 0 atom stereocenters. The highest BCUT2D eigenvalue weighted by molar-refractivity contribution is 5.42. The van der Waals surface area contributed by atoms with E-state index in [0.29, 0.717) is 6.67 Å². The molecule has 2 heteroatoms. The van der Waals surface area contributed by atoms with E-state index >= 15 is 0 Å². The Morgan fingerprint density at radius 2 is 1.93 bits per heavy atom. The molecule has 0 aliphatic heterocycles. The zero-order valence-corrected chi connectivity index (χ0v) is 8.74. The van der Waals surface area contributed by atoms with Crippen LogP contribution in [0.4, 0.5) is 5.69 Å². The van der Waals surface area contributed by atoms with Gasteiger partial charge in [-0.2, -0.15) is 0 Å². The summed E-state index contributed by atoms with van der Waals surface area (Å²) < 4.78 is 0. The molecule has 0 bridgehead atoms. The van der Waals surface area contributed by atoms with E-state index in [0.717, 1.165) is 11.4 Å². The molecular formula is C13H16N2. The summed E-state index contributed by atoms with van der Waals surface area (Å²) in [7, 11) is 0. The highest BCUT2D eigenvalue weighted by atomic mass is 15.1. The Morgan fingerprint density at radius 3 is 2.53 bits per heavy atom. The molecule has 0 aromatic heterocycles. The van der Waals surface area contributed by atoms with E-state index in [1.807, 2.05) is 36.4 Å². The second kappa shape index (κ2) is 6.49. The van der Waals surface area contributed by atoms with Crippen LogP contribution in [0.2, 0.25) is 0 Å². The lowest BCUT2D eigenvalue weighted by molar-refractivity contribution is 0.890. The first-order chi connectivity index (χ1) is 7.36. The molecule has 15 heavy (non-hydrogen) atoms. The number of allylic oxidation sites excluding steroid dienone is 3. The van der Waals surface area contributed by atoms with Crippen molar-refractivity contribution in [1.82, 2.24) is 5.32 Å². The van der Waals surface area contributed by atoms with Crippen molar-refractivity contribution >= 4 is 5.69 Å². The van der Waals surface area contributed by atoms with Crippen molar-refractivity contribution in [3.05, 3.63) is 67.4 Å². The minimum absolute atomic E-state index is 0.662. The fourth-order valence-corrected chi connectivity index (χ4v) is 1.13. The van der Waals surface area contributed by atoms with Crippen LogP contribution in [0.3, 0.4) is 0 Å². The monoisotopic (exact) mass is 200 g/mol. The maximum Gasteiger partial charge on any atom is 0.0849 e. The van der Waals surface area contributed by atoms with Crippen molar-refractivity contribution in [3.8, 4) is 0 Å². The summed E-state index contributed by atoms with van der Waals surface area (Å²) in [5, 5.41) is 6.41. The van der Waals surface area contributed by atoms with E-state index in [2.05, 4.69) is 23.8 Å². The van der Waals surface area contributed by atoms with Crippen LogP contribution in [-0.4, -0.2) is 6.67 Å². The Labute approximate surface area is 91.0 Å². The van der Waals surface area contributed by atoms with Gasteiger partial charge in [0.1, 0.15) is 0 Å². The van der Waals surface area contributed by atoms with Crippen LogP contribution in [0.5, 0.6) is 0 Å². The fourth-order valence-electron chi connectivity index (χ4n) is 1.13. The fraction of sp³-hybridized carbons (Fsp3) is 0.0769. The van der Waals surface area contributed by atoms with Crippen molar-refractivity contribution in [2.45, 2.75) is 0 Å². The lowest BCUT2D eigenvalue weighted by Gasteiger charge is -2.09. The smallest absolute Gasteiger partial charge is 0.0849 e. The van der Waals surface area contributed by atoms with Crippen LogP contribution >= 0.6 is 0 Å². The second-order valence-corrected chi connectivity index (χ2v) is 2.96. The lowest BCUT2D eigenvalue weighted by atomic mass is 10.3. The van der Waals surface area contributed by atoms with Gasteiger partial charge in [0.15, 0.2) is 0 Å². The molecule has 1 rings (SSSR count). The van der Waals surface area contributed by atoms with Crippen LogP contribution < -0.4 is 10.6 Å². The first-order valence-electron chi connectivity index (χ1n) is 4.84. The van der Waals surface area contributed by atoms with Gasteiger partial charge in [0.25, 0.3) is 0 Å². The Bertz CT molecular complexity index is 339. The SMILES string of the molecule is C=C/C=C(\C=C)NCNc1ccccc1. The van der Waals surface area contributed by atoms with Gasteiger partial charge in [-0.05, 0) is 24.3 Å². The summed E-state index contributed by atoms with van der Waals surface area (Å²) in [5.41, 5.74) is 2.04. The molecule has 0 saturated heterocycles. The van der Waals surface area contributed by atoms with E-state index in [1.165, 1.54) is 0 Å². The lowest BCUT2D eigenvalue weighted by Crippen LogP contribution is -2.20. The number of para-hydroxylation sites is 1. The number of hydrogen-bond acceptors (Lipinski definition) is 2. The van der Waals surface area contributed by atoms with Gasteiger partial charge in [-0.3, -0.25) is 0 Å². The molecule has 78 valence electrons. The average molecular weight is 200 g/mol. The molecule has 0 amide bonds. The van der Waals surface area contributed by atoms with E-state index in [9.17, 15) is 0 Å². The van der Waals surface area contributed by atoms with Gasteiger partial charge < -0.3 is 10.6 Å². The topological polar surface area (TPSA) is 24.1 Å². The molecule has 0 saturated carbocycles. The standard InChI is InChI=1S/C13H16N2/c1-3-8-12(4-2)14-11-15-13-9-6-5-7-10-13/h3-10,14-15H,1-2,11H2/b12-8+. The Kier molecular flexibility index (Phi) is 4.81. The molecule has 0 fully saturated rings. The number of benzene rings is 1. The van der Waals surface area contributed by atoms with Crippen molar-refractivity contribution in [2.24, 2.45) is 0 Å². The molecule has 0 aliphatic rings. The quantitative estimate of drug-likeness (QED) is 0.545. The summed E-state index contributed by atoms with van der Waals surface area (Å²) in [6.07, 6.45) is 5.36. The van der Waals surface area contributed by atoms with E-state index in [-0.39, 0.29) is 0 Å². The summed E-state index contributed by atoms with van der Waals surface area (Å²) in [6.45, 7) is 7.99. The van der Waals surface area contributed by atoms with Gasteiger partial charge in [0.2, 0.25) is 0 Å². The maximum absolute atomic E-state index is 3.70. The largest absolute Gasteiger partial charge is 0.368 e. The van der Waals surface area contributed by atoms with Gasteiger partial charge in [-0.25, -0.2) is 0 Å². The molecule has 2 nitrogen and oxygen atoms in total. The molecule has 0 spiro atoms. The third-order valence-electron chi connectivity index (χ3n) is 1.88. The summed E-state index contributed by atoms with van der Waals surface area (Å²) in [6, 6.07) is 10.0. The highest BCUT2D eigenvalue weighted by Gasteiger charge is 1.89. The highest BCUT2D eigenvalue weighted by Crippen LogP contribution is 2.03. The normalized spacial score (nSPS) is 10.5. The summed E-state index contributed by atoms with van der Waals surface area (Å²) in [4.78, 5) is 0. The van der Waals surface area contributed by atoms with Gasteiger partial charge in [0.05, 0.1) is 6.67 Å². The summed E-state index contributed by atoms with van der Waals surface area (Å²) in [5.74, 6) is 0. The average Bonchev–Trinajstić information content (AvgIpc) is 2.29. The molecular weight excluding hydrogens is 184 g/mol. The van der Waals surface area contributed by atoms with Crippen LogP contribution in [0.25, 0.3) is 0 Å². The second-order valence-electron chi connectivity index (χ2n) is 2.96. The maximum atomic E-state index is 3.70. The van der Waals surface area contributed by atoms with Crippen LogP contribution in [0, 0.1) is 0 Å². The van der Waals surface area contributed by atoms with Crippen molar-refractivity contribution in [1.29, 1.82) is 0 Å². The van der Waals surface area contributed by atoms with Gasteiger partial charge in [0, 0.05) is 11.4 Å². The minimum Gasteiger partial charge on any atom is -0.368 e. The number of nitrogens with one attached hydrogen (secondary N) is 2. The van der Waals surface area contributed by atoms with Crippen molar-refractivity contribution in [2.75, 3.05) is 12.0 Å². The van der Waals surface area contributed by atoms with Crippen LogP contribution in [0.15, 0.2) is 67.4 Å². The first-order valence-corrected chi connectivity index (χ1v) is 4.84. The van der Waals surface area contributed by atoms with Crippen molar-refractivity contribution < 1.29 is 0 Å². The van der Waals surface area contributed by atoms with Gasteiger partial charge in [-0.15, -0.1) is 0 Å².